The third kappa shape index (κ3) is 12.3. The second-order valence-corrected chi connectivity index (χ2v) is 9.23. The summed E-state index contributed by atoms with van der Waals surface area (Å²) in [5.74, 6) is -4.20. The fourth-order valence-electron chi connectivity index (χ4n) is 4.05. The molecule has 220 valence electrons. The average molecular weight is 556 g/mol. The van der Waals surface area contributed by atoms with E-state index in [2.05, 4.69) is 21.3 Å². The van der Waals surface area contributed by atoms with Crippen molar-refractivity contribution in [2.75, 3.05) is 19.6 Å². The second kappa shape index (κ2) is 16.6. The monoisotopic (exact) mass is 555 g/mol. The summed E-state index contributed by atoms with van der Waals surface area (Å²) in [5.41, 5.74) is 21.4. The van der Waals surface area contributed by atoms with Gasteiger partial charge in [-0.1, -0.05) is 0 Å². The van der Waals surface area contributed by atoms with Crippen LogP contribution in [-0.4, -0.2) is 95.3 Å². The van der Waals surface area contributed by atoms with Gasteiger partial charge in [-0.15, -0.1) is 0 Å². The minimum absolute atomic E-state index is 0.0127. The number of carboxylic acids is 1. The van der Waals surface area contributed by atoms with Gasteiger partial charge >= 0.3 is 5.97 Å². The highest BCUT2D eigenvalue weighted by Crippen LogP contribution is 2.20. The van der Waals surface area contributed by atoms with Crippen molar-refractivity contribution in [3.05, 3.63) is 0 Å². The summed E-state index contributed by atoms with van der Waals surface area (Å²) in [7, 11) is 0. The zero-order valence-corrected chi connectivity index (χ0v) is 21.8. The van der Waals surface area contributed by atoms with Crippen molar-refractivity contribution in [2.24, 2.45) is 22.9 Å². The number of nitrogens with zero attached hydrogens (tertiary/aromatic N) is 1. The zero-order valence-electron chi connectivity index (χ0n) is 21.8. The Balaban J connectivity index is 2.92. The molecule has 39 heavy (non-hydrogen) atoms. The number of likely N-dealkylation sites (tertiary alicyclic amines) is 1. The minimum Gasteiger partial charge on any atom is -0.480 e. The van der Waals surface area contributed by atoms with Crippen LogP contribution in [0.5, 0.6) is 0 Å². The van der Waals surface area contributed by atoms with Crippen LogP contribution in [0.1, 0.15) is 51.4 Å². The molecule has 0 bridgehead atoms. The normalized spacial score (nSPS) is 16.8. The van der Waals surface area contributed by atoms with Crippen LogP contribution in [0.4, 0.5) is 0 Å². The molecule has 15 N–H and O–H groups in total. The Hall–Kier alpha value is -4.15. The van der Waals surface area contributed by atoms with E-state index in [1.807, 2.05) is 0 Å². The number of rotatable bonds is 17. The molecule has 1 fully saturated rings. The van der Waals surface area contributed by atoms with Gasteiger partial charge in [-0.3, -0.25) is 30.0 Å². The first-order valence-corrected chi connectivity index (χ1v) is 12.7. The van der Waals surface area contributed by atoms with Gasteiger partial charge in [0.05, 0.1) is 6.04 Å². The molecule has 1 saturated heterocycles. The molecule has 1 rings (SSSR count). The third-order valence-corrected chi connectivity index (χ3v) is 6.08. The number of hydrogen-bond acceptors (Lipinski definition) is 8. The summed E-state index contributed by atoms with van der Waals surface area (Å²) in [6, 6.07) is -4.30. The van der Waals surface area contributed by atoms with Crippen molar-refractivity contribution < 1.29 is 29.1 Å². The van der Waals surface area contributed by atoms with Crippen LogP contribution in [0.15, 0.2) is 0 Å². The zero-order chi connectivity index (χ0) is 29.5. The van der Waals surface area contributed by atoms with Gasteiger partial charge in [0.15, 0.2) is 11.9 Å². The first kappa shape index (κ1) is 32.9. The highest BCUT2D eigenvalue weighted by molar-refractivity contribution is 5.94. The topological polar surface area (TPSA) is 309 Å². The van der Waals surface area contributed by atoms with Crippen LogP contribution in [0.3, 0.4) is 0 Å². The van der Waals surface area contributed by atoms with Crippen LogP contribution in [0.2, 0.25) is 0 Å². The lowest BCUT2D eigenvalue weighted by Gasteiger charge is -2.30. The summed E-state index contributed by atoms with van der Waals surface area (Å²) in [6.45, 7) is 0.735. The molecule has 0 aromatic rings. The molecular weight excluding hydrogens is 514 g/mol. The standard InChI is InChI=1S/C22H41N11O6/c23-12(7-8-16(24)34)17(35)31-13(4-1-9-29-21(25)26)19(37)33-11-3-6-15(33)18(36)32-14(20(38)39)5-2-10-30-22(27)28/h12-15H,1-11,23H2,(H2,24,34)(H,31,35)(H,32,36)(H,38,39)(H4,25,26,29)(H4,27,28,30)/t12-,13-,14-,15-/m0/s1. The molecule has 17 heteroatoms. The van der Waals surface area contributed by atoms with E-state index >= 15 is 0 Å². The van der Waals surface area contributed by atoms with Crippen molar-refractivity contribution in [1.82, 2.24) is 26.2 Å². The van der Waals surface area contributed by atoms with E-state index in [4.69, 9.17) is 33.8 Å². The van der Waals surface area contributed by atoms with Gasteiger partial charge in [-0.2, -0.15) is 0 Å². The Bertz CT molecular complexity index is 915. The predicted molar refractivity (Wildman–Crippen MR) is 141 cm³/mol. The summed E-state index contributed by atoms with van der Waals surface area (Å²) >= 11 is 0. The first-order chi connectivity index (χ1) is 18.3. The summed E-state index contributed by atoms with van der Waals surface area (Å²) < 4.78 is 0. The number of guanidine groups is 2. The molecule has 0 radical (unpaired) electrons. The number of aliphatic carboxylic acids is 1. The number of primary amides is 1. The van der Waals surface area contributed by atoms with E-state index in [0.29, 0.717) is 25.7 Å². The molecule has 0 aliphatic carbocycles. The lowest BCUT2D eigenvalue weighted by molar-refractivity contribution is -0.145. The lowest BCUT2D eigenvalue weighted by atomic mass is 10.1. The predicted octanol–water partition coefficient (Wildman–Crippen LogP) is -3.85. The van der Waals surface area contributed by atoms with Crippen LogP contribution in [0, 0.1) is 10.8 Å². The summed E-state index contributed by atoms with van der Waals surface area (Å²) in [5, 5.41) is 34.1. The third-order valence-electron chi connectivity index (χ3n) is 6.08. The maximum atomic E-state index is 13.5. The maximum Gasteiger partial charge on any atom is 0.326 e. The highest BCUT2D eigenvalue weighted by atomic mass is 16.4. The average Bonchev–Trinajstić information content (AvgIpc) is 3.35. The molecule has 0 spiro atoms. The lowest BCUT2D eigenvalue weighted by Crippen LogP contribution is -2.57. The van der Waals surface area contributed by atoms with Crippen molar-refractivity contribution in [1.29, 1.82) is 10.8 Å². The maximum absolute atomic E-state index is 13.5. The van der Waals surface area contributed by atoms with Crippen LogP contribution < -0.4 is 44.2 Å². The molecule has 0 aromatic heterocycles. The van der Waals surface area contributed by atoms with E-state index in [9.17, 15) is 29.1 Å². The number of nitrogens with two attached hydrogens (primary N) is 4. The number of carboxylic acid groups (broad SMARTS) is 1. The van der Waals surface area contributed by atoms with Gasteiger partial charge in [-0.25, -0.2) is 4.79 Å². The van der Waals surface area contributed by atoms with Gasteiger partial charge in [0, 0.05) is 26.1 Å². The fraction of sp³-hybridized carbons (Fsp3) is 0.682. The van der Waals surface area contributed by atoms with Gasteiger partial charge in [-0.05, 0) is 44.9 Å². The molecule has 1 aliphatic heterocycles. The molecule has 0 saturated carbocycles. The van der Waals surface area contributed by atoms with Gasteiger partial charge in [0.25, 0.3) is 0 Å². The van der Waals surface area contributed by atoms with E-state index in [1.165, 1.54) is 4.90 Å². The molecule has 1 aliphatic rings. The fourth-order valence-corrected chi connectivity index (χ4v) is 4.05. The molecule has 0 unspecified atom stereocenters. The SMILES string of the molecule is N=C(N)NCCC[C@H](NC(=O)[C@@H]1CCCN1C(=O)[C@H](CCCNC(=N)N)NC(=O)[C@@H](N)CCC(N)=O)C(=O)O. The van der Waals surface area contributed by atoms with E-state index in [0.717, 1.165) is 0 Å². The first-order valence-electron chi connectivity index (χ1n) is 12.7. The van der Waals surface area contributed by atoms with E-state index in [-0.39, 0.29) is 57.2 Å². The number of carbonyl (C=O) groups is 5. The highest BCUT2D eigenvalue weighted by Gasteiger charge is 2.39. The second-order valence-electron chi connectivity index (χ2n) is 9.23. The number of hydrogen-bond donors (Lipinski definition) is 11. The number of nitrogens with one attached hydrogen (secondary N) is 6. The van der Waals surface area contributed by atoms with E-state index < -0.39 is 53.8 Å². The summed E-state index contributed by atoms with van der Waals surface area (Å²) in [4.78, 5) is 63.1. The molecule has 17 nitrogen and oxygen atoms in total. The van der Waals surface area contributed by atoms with Crippen molar-refractivity contribution >= 4 is 41.5 Å². The van der Waals surface area contributed by atoms with Gasteiger partial charge < -0.3 is 54.2 Å². The van der Waals surface area contributed by atoms with Crippen molar-refractivity contribution in [2.45, 2.75) is 75.5 Å². The van der Waals surface area contributed by atoms with Crippen molar-refractivity contribution in [3.63, 3.8) is 0 Å². The molecule has 0 aromatic carbocycles. The van der Waals surface area contributed by atoms with Crippen LogP contribution in [0.25, 0.3) is 0 Å². The number of amides is 4. The van der Waals surface area contributed by atoms with Gasteiger partial charge in [0.2, 0.25) is 23.6 Å². The number of carbonyl (C=O) groups excluding carboxylic acids is 4. The minimum atomic E-state index is -1.24. The Morgan fingerprint density at radius 2 is 1.46 bits per heavy atom. The molecule has 4 atom stereocenters. The largest absolute Gasteiger partial charge is 0.480 e. The smallest absolute Gasteiger partial charge is 0.326 e. The quantitative estimate of drug-likeness (QED) is 0.0468. The molecule has 4 amide bonds. The Kier molecular flexibility index (Phi) is 14.0. The van der Waals surface area contributed by atoms with Crippen LogP contribution in [-0.2, 0) is 24.0 Å². The Morgan fingerprint density at radius 1 is 0.897 bits per heavy atom. The summed E-state index contributed by atoms with van der Waals surface area (Å²) in [6.07, 6.45) is 1.55. The van der Waals surface area contributed by atoms with Crippen LogP contribution >= 0.6 is 0 Å². The van der Waals surface area contributed by atoms with E-state index in [1.54, 1.807) is 0 Å². The molecule has 1 heterocycles. The Labute approximate surface area is 226 Å². The van der Waals surface area contributed by atoms with Crippen molar-refractivity contribution in [3.8, 4) is 0 Å². The Morgan fingerprint density at radius 3 is 1.97 bits per heavy atom. The molecular formula is C22H41N11O6. The van der Waals surface area contributed by atoms with Gasteiger partial charge in [0.1, 0.15) is 18.1 Å².